The molecular formula is C15H17N3O3. The lowest BCUT2D eigenvalue weighted by Crippen LogP contribution is -2.33. The van der Waals surface area contributed by atoms with E-state index in [1.807, 2.05) is 37.3 Å². The second kappa shape index (κ2) is 6.69. The van der Waals surface area contributed by atoms with Gasteiger partial charge >= 0.3 is 5.97 Å². The van der Waals surface area contributed by atoms with Crippen LogP contribution < -0.4 is 4.90 Å². The number of hydrogen-bond acceptors (Lipinski definition) is 3. The summed E-state index contributed by atoms with van der Waals surface area (Å²) >= 11 is 0. The van der Waals surface area contributed by atoms with Crippen molar-refractivity contribution in [1.82, 2.24) is 9.97 Å². The SMILES string of the molecule is CCCCN(C(=O)c1nc[nH]c1C(=O)O)c1ccccc1. The molecule has 1 amide bonds. The van der Waals surface area contributed by atoms with Crippen molar-refractivity contribution in [2.75, 3.05) is 11.4 Å². The molecule has 0 radical (unpaired) electrons. The van der Waals surface area contributed by atoms with Crippen molar-refractivity contribution in [1.29, 1.82) is 0 Å². The number of carbonyl (C=O) groups is 2. The Morgan fingerprint density at radius 2 is 2.00 bits per heavy atom. The number of aromatic nitrogens is 2. The molecule has 0 spiro atoms. The summed E-state index contributed by atoms with van der Waals surface area (Å²) in [4.78, 5) is 31.7. The smallest absolute Gasteiger partial charge is 0.354 e. The first-order valence-electron chi connectivity index (χ1n) is 6.78. The van der Waals surface area contributed by atoms with Crippen LogP contribution in [0, 0.1) is 0 Å². The van der Waals surface area contributed by atoms with E-state index in [0.717, 1.165) is 18.5 Å². The number of H-pyrrole nitrogens is 1. The van der Waals surface area contributed by atoms with Crippen molar-refractivity contribution >= 4 is 17.6 Å². The molecule has 6 nitrogen and oxygen atoms in total. The lowest BCUT2D eigenvalue weighted by molar-refractivity contribution is 0.0686. The van der Waals surface area contributed by atoms with Crippen LogP contribution in [0.1, 0.15) is 40.7 Å². The minimum absolute atomic E-state index is 0.0672. The molecule has 2 N–H and O–H groups in total. The van der Waals surface area contributed by atoms with E-state index in [4.69, 9.17) is 5.11 Å². The highest BCUT2D eigenvalue weighted by Gasteiger charge is 2.25. The van der Waals surface area contributed by atoms with Crippen LogP contribution in [0.3, 0.4) is 0 Å². The van der Waals surface area contributed by atoms with E-state index in [1.165, 1.54) is 6.33 Å². The second-order valence-corrected chi connectivity index (χ2v) is 4.58. The largest absolute Gasteiger partial charge is 0.477 e. The number of para-hydroxylation sites is 1. The number of nitrogens with one attached hydrogen (secondary N) is 1. The maximum Gasteiger partial charge on any atom is 0.354 e. The number of unbranched alkanes of at least 4 members (excludes halogenated alkanes) is 1. The summed E-state index contributed by atoms with van der Waals surface area (Å²) in [5, 5.41) is 9.09. The Morgan fingerprint density at radius 1 is 1.29 bits per heavy atom. The Labute approximate surface area is 122 Å². The zero-order valence-electron chi connectivity index (χ0n) is 11.7. The standard InChI is InChI=1S/C15H17N3O3/c1-2-3-9-18(11-7-5-4-6-8-11)14(19)12-13(15(20)21)17-10-16-12/h4-8,10H,2-3,9H2,1H3,(H,16,17)(H,20,21). The van der Waals surface area contributed by atoms with Gasteiger partial charge in [0.05, 0.1) is 6.33 Å². The molecule has 0 aliphatic rings. The molecular weight excluding hydrogens is 270 g/mol. The van der Waals surface area contributed by atoms with Gasteiger partial charge in [-0.15, -0.1) is 0 Å². The predicted octanol–water partition coefficient (Wildman–Crippen LogP) is 2.55. The highest BCUT2D eigenvalue weighted by molar-refractivity contribution is 6.09. The summed E-state index contributed by atoms with van der Waals surface area (Å²) in [7, 11) is 0. The van der Waals surface area contributed by atoms with Crippen LogP contribution in [0.5, 0.6) is 0 Å². The van der Waals surface area contributed by atoms with Crippen LogP contribution >= 0.6 is 0 Å². The van der Waals surface area contributed by atoms with Crippen molar-refractivity contribution in [3.05, 3.63) is 48.0 Å². The zero-order valence-corrected chi connectivity index (χ0v) is 11.7. The summed E-state index contributed by atoms with van der Waals surface area (Å²) in [6.07, 6.45) is 2.98. The number of aromatic amines is 1. The Bertz CT molecular complexity index is 622. The molecule has 1 aromatic heterocycles. The van der Waals surface area contributed by atoms with Crippen LogP contribution in [-0.2, 0) is 0 Å². The summed E-state index contributed by atoms with van der Waals surface area (Å²) in [6, 6.07) is 9.18. The monoisotopic (exact) mass is 287 g/mol. The Hall–Kier alpha value is -2.63. The van der Waals surface area contributed by atoms with Crippen molar-refractivity contribution in [3.8, 4) is 0 Å². The molecule has 0 atom stereocenters. The fourth-order valence-corrected chi connectivity index (χ4v) is 2.02. The van der Waals surface area contributed by atoms with Gasteiger partial charge in [-0.2, -0.15) is 0 Å². The summed E-state index contributed by atoms with van der Waals surface area (Å²) in [5.41, 5.74) is 0.482. The van der Waals surface area contributed by atoms with Gasteiger partial charge in [-0.05, 0) is 18.6 Å². The number of imidazole rings is 1. The van der Waals surface area contributed by atoms with E-state index in [0.29, 0.717) is 6.54 Å². The third kappa shape index (κ3) is 3.28. The fourth-order valence-electron chi connectivity index (χ4n) is 2.02. The van der Waals surface area contributed by atoms with E-state index in [-0.39, 0.29) is 11.4 Å². The lowest BCUT2D eigenvalue weighted by atomic mass is 10.2. The van der Waals surface area contributed by atoms with Crippen LogP contribution in [0.15, 0.2) is 36.7 Å². The maximum absolute atomic E-state index is 12.6. The number of anilines is 1. The van der Waals surface area contributed by atoms with Crippen LogP contribution in [0.2, 0.25) is 0 Å². The first-order chi connectivity index (χ1) is 10.1. The van der Waals surface area contributed by atoms with Gasteiger partial charge in [-0.3, -0.25) is 4.79 Å². The molecule has 2 rings (SSSR count). The number of carbonyl (C=O) groups excluding carboxylic acids is 1. The molecule has 0 aliphatic heterocycles. The van der Waals surface area contributed by atoms with E-state index < -0.39 is 11.9 Å². The van der Waals surface area contributed by atoms with Gasteiger partial charge in [0.2, 0.25) is 0 Å². The van der Waals surface area contributed by atoms with Gasteiger partial charge in [0.15, 0.2) is 11.4 Å². The number of carboxylic acid groups (broad SMARTS) is 1. The topological polar surface area (TPSA) is 86.3 Å². The maximum atomic E-state index is 12.6. The molecule has 0 aliphatic carbocycles. The quantitative estimate of drug-likeness (QED) is 0.854. The number of rotatable bonds is 6. The first-order valence-corrected chi connectivity index (χ1v) is 6.78. The number of hydrogen-bond donors (Lipinski definition) is 2. The van der Waals surface area contributed by atoms with E-state index in [9.17, 15) is 9.59 Å². The normalized spacial score (nSPS) is 10.3. The van der Waals surface area contributed by atoms with Crippen molar-refractivity contribution in [2.45, 2.75) is 19.8 Å². The minimum Gasteiger partial charge on any atom is -0.477 e. The van der Waals surface area contributed by atoms with Gasteiger partial charge in [-0.1, -0.05) is 31.5 Å². The molecule has 21 heavy (non-hydrogen) atoms. The summed E-state index contributed by atoms with van der Waals surface area (Å²) < 4.78 is 0. The van der Waals surface area contributed by atoms with E-state index in [2.05, 4.69) is 9.97 Å². The number of aromatic carboxylic acids is 1. The number of carboxylic acids is 1. The number of amides is 1. The van der Waals surface area contributed by atoms with E-state index in [1.54, 1.807) is 4.90 Å². The average Bonchev–Trinajstić information content (AvgIpc) is 2.98. The zero-order chi connectivity index (χ0) is 15.2. The number of benzene rings is 1. The molecule has 0 unspecified atom stereocenters. The molecule has 0 saturated carbocycles. The summed E-state index contributed by atoms with van der Waals surface area (Å²) in [6.45, 7) is 2.55. The van der Waals surface area contributed by atoms with Crippen molar-refractivity contribution in [2.24, 2.45) is 0 Å². The van der Waals surface area contributed by atoms with E-state index >= 15 is 0 Å². The minimum atomic E-state index is -1.20. The molecule has 110 valence electrons. The van der Waals surface area contributed by atoms with Gasteiger partial charge in [0, 0.05) is 12.2 Å². The third-order valence-electron chi connectivity index (χ3n) is 3.10. The highest BCUT2D eigenvalue weighted by Crippen LogP contribution is 2.18. The van der Waals surface area contributed by atoms with Crippen molar-refractivity contribution in [3.63, 3.8) is 0 Å². The van der Waals surface area contributed by atoms with Crippen LogP contribution in [-0.4, -0.2) is 33.5 Å². The average molecular weight is 287 g/mol. The molecule has 6 heteroatoms. The first kappa shape index (κ1) is 14.8. The third-order valence-corrected chi connectivity index (χ3v) is 3.10. The molecule has 1 aromatic carbocycles. The summed E-state index contributed by atoms with van der Waals surface area (Å²) in [5.74, 6) is -1.60. The van der Waals surface area contributed by atoms with Crippen molar-refractivity contribution < 1.29 is 14.7 Å². The number of nitrogens with zero attached hydrogens (tertiary/aromatic N) is 2. The highest BCUT2D eigenvalue weighted by atomic mass is 16.4. The fraction of sp³-hybridized carbons (Fsp3) is 0.267. The Morgan fingerprint density at radius 3 is 2.62 bits per heavy atom. The van der Waals surface area contributed by atoms with Gasteiger partial charge in [0.1, 0.15) is 0 Å². The van der Waals surface area contributed by atoms with Crippen LogP contribution in [0.25, 0.3) is 0 Å². The lowest BCUT2D eigenvalue weighted by Gasteiger charge is -2.22. The molecule has 1 heterocycles. The Kier molecular flexibility index (Phi) is 4.71. The molecule has 0 bridgehead atoms. The second-order valence-electron chi connectivity index (χ2n) is 4.58. The molecule has 0 saturated heterocycles. The van der Waals surface area contributed by atoms with Gasteiger partial charge in [0.25, 0.3) is 5.91 Å². The molecule has 0 fully saturated rings. The van der Waals surface area contributed by atoms with Crippen LogP contribution in [0.4, 0.5) is 5.69 Å². The molecule has 2 aromatic rings. The Balaban J connectivity index is 2.34. The van der Waals surface area contributed by atoms with Gasteiger partial charge < -0.3 is 15.0 Å². The predicted molar refractivity (Wildman–Crippen MR) is 78.6 cm³/mol. The van der Waals surface area contributed by atoms with Gasteiger partial charge in [-0.25, -0.2) is 9.78 Å².